The van der Waals surface area contributed by atoms with E-state index in [0.29, 0.717) is 0 Å². The van der Waals surface area contributed by atoms with Crippen LogP contribution in [0.25, 0.3) is 65.3 Å². The zero-order valence-electron chi connectivity index (χ0n) is 25.0. The van der Waals surface area contributed by atoms with Gasteiger partial charge in [0.15, 0.2) is 0 Å². The standard InChI is InChI=1S/C46H26/c1-5-13-31(14-6-1)21-23-35-25-39-40(26-36(35)24-22-32-15-7-2-8-16-32)44-30-46-42-28-38(34-19-11-4-12-20-34)37(33-17-9-3-10-18-33)27-41(42)45(46)29-43(39)44/h1-20,25-30H. The van der Waals surface area contributed by atoms with E-state index in [9.17, 15) is 0 Å². The summed E-state index contributed by atoms with van der Waals surface area (Å²) in [6.07, 6.45) is 0. The lowest BCUT2D eigenvalue weighted by Gasteiger charge is -2.21. The van der Waals surface area contributed by atoms with E-state index in [4.69, 9.17) is 0 Å². The van der Waals surface area contributed by atoms with E-state index in [0.717, 1.165) is 22.3 Å². The second-order valence-corrected chi connectivity index (χ2v) is 11.8. The van der Waals surface area contributed by atoms with Crippen LogP contribution >= 0.6 is 0 Å². The van der Waals surface area contributed by atoms with Gasteiger partial charge in [0.05, 0.1) is 0 Å². The third kappa shape index (κ3) is 4.37. The molecule has 0 bridgehead atoms. The van der Waals surface area contributed by atoms with Gasteiger partial charge in [0.1, 0.15) is 0 Å². The molecule has 9 rings (SSSR count). The minimum absolute atomic E-state index is 0.957. The Hall–Kier alpha value is -6.34. The third-order valence-electron chi connectivity index (χ3n) is 9.03. The summed E-state index contributed by atoms with van der Waals surface area (Å²) < 4.78 is 0. The largest absolute Gasteiger partial charge is 0.0622 e. The van der Waals surface area contributed by atoms with Crippen LogP contribution in [0.3, 0.4) is 0 Å². The molecule has 0 aliphatic rings. The molecule has 210 valence electrons. The average Bonchev–Trinajstić information content (AvgIpc) is 3.12. The third-order valence-corrected chi connectivity index (χ3v) is 9.03. The molecular formula is C46H26. The lowest BCUT2D eigenvalue weighted by Crippen LogP contribution is -1.95. The van der Waals surface area contributed by atoms with Crippen LogP contribution in [0.4, 0.5) is 0 Å². The van der Waals surface area contributed by atoms with Gasteiger partial charge < -0.3 is 0 Å². The van der Waals surface area contributed by atoms with Crippen LogP contribution in [-0.4, -0.2) is 0 Å². The first-order chi connectivity index (χ1) is 22.8. The topological polar surface area (TPSA) is 0 Å². The van der Waals surface area contributed by atoms with Crippen molar-refractivity contribution in [1.29, 1.82) is 0 Å². The first-order valence-electron chi connectivity index (χ1n) is 15.6. The quantitative estimate of drug-likeness (QED) is 0.179. The molecular weight excluding hydrogens is 553 g/mol. The van der Waals surface area contributed by atoms with E-state index >= 15 is 0 Å². The highest BCUT2D eigenvalue weighted by atomic mass is 14.2. The summed E-state index contributed by atoms with van der Waals surface area (Å²) in [7, 11) is 0. The Kier molecular flexibility index (Phi) is 6.06. The first kappa shape index (κ1) is 26.1. The summed E-state index contributed by atoms with van der Waals surface area (Å²) in [5, 5.41) is 10.4. The Labute approximate surface area is 268 Å². The van der Waals surface area contributed by atoms with Crippen molar-refractivity contribution in [2.75, 3.05) is 0 Å². The zero-order valence-corrected chi connectivity index (χ0v) is 25.0. The summed E-state index contributed by atoms with van der Waals surface area (Å²) >= 11 is 0. The lowest BCUT2D eigenvalue weighted by molar-refractivity contribution is 1.61. The van der Waals surface area contributed by atoms with Crippen LogP contribution in [0.1, 0.15) is 22.3 Å². The van der Waals surface area contributed by atoms with E-state index in [1.165, 1.54) is 65.3 Å². The van der Waals surface area contributed by atoms with Crippen LogP contribution in [0.15, 0.2) is 158 Å². The molecule has 9 aromatic rings. The number of fused-ring (bicyclic) bond motifs is 8. The van der Waals surface area contributed by atoms with Gasteiger partial charge in [-0.2, -0.15) is 0 Å². The second-order valence-electron chi connectivity index (χ2n) is 11.8. The molecule has 0 unspecified atom stereocenters. The summed E-state index contributed by atoms with van der Waals surface area (Å²) in [4.78, 5) is 0. The lowest BCUT2D eigenvalue weighted by atomic mass is 9.82. The average molecular weight is 579 g/mol. The summed E-state index contributed by atoms with van der Waals surface area (Å²) in [6.45, 7) is 0. The van der Waals surface area contributed by atoms with Crippen molar-refractivity contribution in [2.24, 2.45) is 0 Å². The predicted molar refractivity (Wildman–Crippen MR) is 195 cm³/mol. The Morgan fingerprint density at radius 1 is 0.261 bits per heavy atom. The van der Waals surface area contributed by atoms with Crippen LogP contribution < -0.4 is 0 Å². The van der Waals surface area contributed by atoms with Crippen molar-refractivity contribution in [1.82, 2.24) is 0 Å². The van der Waals surface area contributed by atoms with E-state index in [1.54, 1.807) is 0 Å². The molecule has 0 heteroatoms. The van der Waals surface area contributed by atoms with E-state index < -0.39 is 0 Å². The summed E-state index contributed by atoms with van der Waals surface area (Å²) in [6, 6.07) is 55.8. The van der Waals surface area contributed by atoms with Crippen LogP contribution in [0.5, 0.6) is 0 Å². The van der Waals surface area contributed by atoms with E-state index in [2.05, 4.69) is 121 Å². The molecule has 0 fully saturated rings. The van der Waals surface area contributed by atoms with Gasteiger partial charge in [-0.3, -0.25) is 0 Å². The van der Waals surface area contributed by atoms with Gasteiger partial charge in [-0.25, -0.2) is 0 Å². The van der Waals surface area contributed by atoms with Gasteiger partial charge in [0, 0.05) is 22.3 Å². The van der Waals surface area contributed by atoms with E-state index in [1.807, 2.05) is 60.7 Å². The Morgan fingerprint density at radius 3 is 0.935 bits per heavy atom. The van der Waals surface area contributed by atoms with Crippen molar-refractivity contribution in [3.8, 4) is 45.9 Å². The van der Waals surface area contributed by atoms with Crippen molar-refractivity contribution in [3.05, 3.63) is 180 Å². The molecule has 0 aliphatic carbocycles. The molecule has 0 aromatic heterocycles. The van der Waals surface area contributed by atoms with Gasteiger partial charge in [0.25, 0.3) is 0 Å². The van der Waals surface area contributed by atoms with Gasteiger partial charge in [0.2, 0.25) is 0 Å². The highest BCUT2D eigenvalue weighted by molar-refractivity contribution is 6.35. The Balaban J connectivity index is 1.24. The number of benzene rings is 7. The van der Waals surface area contributed by atoms with Gasteiger partial charge >= 0.3 is 0 Å². The summed E-state index contributed by atoms with van der Waals surface area (Å²) in [5.41, 5.74) is 8.90. The van der Waals surface area contributed by atoms with Crippen LogP contribution in [0.2, 0.25) is 0 Å². The van der Waals surface area contributed by atoms with Gasteiger partial charge in [-0.1, -0.05) is 121 Å². The predicted octanol–water partition coefficient (Wildman–Crippen LogP) is 11.3. The highest BCUT2D eigenvalue weighted by Crippen LogP contribution is 2.47. The molecule has 0 nitrogen and oxygen atoms in total. The second kappa shape index (κ2) is 10.7. The fourth-order valence-electron chi connectivity index (χ4n) is 6.70. The molecule has 0 amide bonds. The minimum Gasteiger partial charge on any atom is -0.0622 e. The molecule has 0 heterocycles. The molecule has 0 N–H and O–H groups in total. The maximum Gasteiger partial charge on any atom is 0.0412 e. The highest BCUT2D eigenvalue weighted by Gasteiger charge is 2.20. The Morgan fingerprint density at radius 2 is 0.565 bits per heavy atom. The first-order valence-corrected chi connectivity index (χ1v) is 15.6. The number of hydrogen-bond acceptors (Lipinski definition) is 0. The SMILES string of the molecule is C(#Cc1cc2c(cc1C#Cc1ccccc1)c1cc3c4cc(-c5ccccc5)c(-c5ccccc5)cc4c3cc21)c1ccccc1. The van der Waals surface area contributed by atoms with Crippen molar-refractivity contribution in [3.63, 3.8) is 0 Å². The van der Waals surface area contributed by atoms with Crippen molar-refractivity contribution in [2.45, 2.75) is 0 Å². The minimum atomic E-state index is 0.957. The fourth-order valence-corrected chi connectivity index (χ4v) is 6.70. The molecule has 0 atom stereocenters. The maximum absolute atomic E-state index is 3.45. The maximum atomic E-state index is 3.45. The summed E-state index contributed by atoms with van der Waals surface area (Å²) in [5.74, 6) is 13.6. The molecule has 0 spiro atoms. The monoisotopic (exact) mass is 578 g/mol. The molecule has 0 saturated carbocycles. The van der Waals surface area contributed by atoms with Crippen molar-refractivity contribution < 1.29 is 0 Å². The van der Waals surface area contributed by atoms with E-state index in [-0.39, 0.29) is 0 Å². The molecule has 9 aromatic carbocycles. The van der Waals surface area contributed by atoms with Crippen LogP contribution in [0, 0.1) is 23.7 Å². The van der Waals surface area contributed by atoms with Gasteiger partial charge in [-0.05, 0) is 126 Å². The van der Waals surface area contributed by atoms with Crippen molar-refractivity contribution >= 4 is 43.1 Å². The zero-order chi connectivity index (χ0) is 30.5. The molecule has 0 saturated heterocycles. The normalized spacial score (nSPS) is 11.1. The van der Waals surface area contributed by atoms with Gasteiger partial charge in [-0.15, -0.1) is 0 Å². The molecule has 0 aliphatic heterocycles. The fraction of sp³-hybridized carbons (Fsp3) is 0. The van der Waals surface area contributed by atoms with Crippen LogP contribution in [-0.2, 0) is 0 Å². The smallest absolute Gasteiger partial charge is 0.0412 e. The molecule has 46 heavy (non-hydrogen) atoms. The number of hydrogen-bond donors (Lipinski definition) is 0. The number of rotatable bonds is 2. The molecule has 0 radical (unpaired) electrons. The Bertz CT molecular complexity index is 2460.